The number of carbonyl (C=O) groups is 3. The summed E-state index contributed by atoms with van der Waals surface area (Å²) in [7, 11) is 6.32. The number of rotatable bonds is 32. The summed E-state index contributed by atoms with van der Waals surface area (Å²) >= 11 is 0. The van der Waals surface area contributed by atoms with Gasteiger partial charge in [-0.2, -0.15) is 0 Å². The SMILES string of the molecule is CCCCCCCCCCCCOC(=O)CCC(NC(=O)c1ccc(OCC[N+](C)(C)C)cc1)C(=O)OCCCCCCCCCCCC. The maximum atomic E-state index is 13.1. The van der Waals surface area contributed by atoms with Crippen LogP contribution in [0.4, 0.5) is 0 Å². The van der Waals surface area contributed by atoms with Gasteiger partial charge in [-0.15, -0.1) is 0 Å². The van der Waals surface area contributed by atoms with E-state index in [9.17, 15) is 14.4 Å². The van der Waals surface area contributed by atoms with Crippen molar-refractivity contribution in [3.63, 3.8) is 0 Å². The third-order valence-electron chi connectivity index (χ3n) is 8.88. The summed E-state index contributed by atoms with van der Waals surface area (Å²) in [5.74, 6) is -0.569. The first-order valence-electron chi connectivity index (χ1n) is 19.8. The molecule has 282 valence electrons. The molecule has 0 fully saturated rings. The Labute approximate surface area is 300 Å². The summed E-state index contributed by atoms with van der Waals surface area (Å²) in [5.41, 5.74) is 0.412. The fraction of sp³-hybridized carbons (Fsp3) is 0.780. The van der Waals surface area contributed by atoms with Crippen molar-refractivity contribution in [1.82, 2.24) is 5.32 Å². The van der Waals surface area contributed by atoms with Crippen molar-refractivity contribution in [2.24, 2.45) is 0 Å². The van der Waals surface area contributed by atoms with E-state index in [0.717, 1.165) is 49.6 Å². The van der Waals surface area contributed by atoms with Gasteiger partial charge < -0.3 is 24.0 Å². The predicted molar refractivity (Wildman–Crippen MR) is 201 cm³/mol. The lowest BCUT2D eigenvalue weighted by Gasteiger charge is -2.23. The van der Waals surface area contributed by atoms with E-state index in [1.165, 1.54) is 89.9 Å². The van der Waals surface area contributed by atoms with Crippen LogP contribution >= 0.6 is 0 Å². The van der Waals surface area contributed by atoms with Gasteiger partial charge in [-0.1, -0.05) is 129 Å². The number of likely N-dealkylation sites (N-methyl/N-ethyl adjacent to an activating group) is 1. The fourth-order valence-corrected chi connectivity index (χ4v) is 5.60. The highest BCUT2D eigenvalue weighted by molar-refractivity contribution is 5.97. The Hall–Kier alpha value is -2.61. The third-order valence-corrected chi connectivity index (χ3v) is 8.88. The zero-order valence-electron chi connectivity index (χ0n) is 32.2. The van der Waals surface area contributed by atoms with Crippen LogP contribution in [0.3, 0.4) is 0 Å². The Bertz CT molecular complexity index is 975. The fourth-order valence-electron chi connectivity index (χ4n) is 5.60. The van der Waals surface area contributed by atoms with Crippen molar-refractivity contribution in [2.45, 2.75) is 161 Å². The second-order valence-electron chi connectivity index (χ2n) is 14.7. The minimum atomic E-state index is -0.930. The number of ether oxygens (including phenoxy) is 3. The van der Waals surface area contributed by atoms with Crippen LogP contribution in [0.5, 0.6) is 5.75 Å². The normalized spacial score (nSPS) is 12.0. The summed E-state index contributed by atoms with van der Waals surface area (Å²) in [6.07, 6.45) is 24.3. The number of benzene rings is 1. The molecule has 49 heavy (non-hydrogen) atoms. The maximum absolute atomic E-state index is 13.1. The second kappa shape index (κ2) is 29.2. The third kappa shape index (κ3) is 25.9. The number of amides is 1. The van der Waals surface area contributed by atoms with Crippen LogP contribution in [-0.4, -0.2) is 75.9 Å². The van der Waals surface area contributed by atoms with Gasteiger partial charge in [-0.25, -0.2) is 4.79 Å². The van der Waals surface area contributed by atoms with E-state index in [1.54, 1.807) is 24.3 Å². The van der Waals surface area contributed by atoms with E-state index in [1.807, 2.05) is 0 Å². The molecular weight excluding hydrogens is 616 g/mol. The Morgan fingerprint density at radius 3 is 1.53 bits per heavy atom. The number of carbonyl (C=O) groups excluding carboxylic acids is 3. The number of nitrogens with zero attached hydrogens (tertiary/aromatic N) is 1. The Morgan fingerprint density at radius 2 is 1.06 bits per heavy atom. The molecule has 1 rings (SSSR count). The highest BCUT2D eigenvalue weighted by Gasteiger charge is 2.24. The Kier molecular flexibility index (Phi) is 26.4. The van der Waals surface area contributed by atoms with Crippen molar-refractivity contribution in [3.8, 4) is 5.75 Å². The summed E-state index contributed by atoms with van der Waals surface area (Å²) < 4.78 is 17.6. The van der Waals surface area contributed by atoms with Crippen LogP contribution in [0.1, 0.15) is 165 Å². The van der Waals surface area contributed by atoms with Gasteiger partial charge in [0.25, 0.3) is 5.91 Å². The topological polar surface area (TPSA) is 90.9 Å². The van der Waals surface area contributed by atoms with Gasteiger partial charge in [-0.3, -0.25) is 9.59 Å². The zero-order chi connectivity index (χ0) is 36.0. The number of quaternary nitrogens is 1. The lowest BCUT2D eigenvalue weighted by molar-refractivity contribution is -0.870. The summed E-state index contributed by atoms with van der Waals surface area (Å²) in [6, 6.07) is 5.95. The van der Waals surface area contributed by atoms with Crippen molar-refractivity contribution >= 4 is 17.8 Å². The predicted octanol–water partition coefficient (Wildman–Crippen LogP) is 9.58. The molecule has 8 nitrogen and oxygen atoms in total. The molecule has 1 N–H and O–H groups in total. The molecule has 0 bridgehead atoms. The average Bonchev–Trinajstić information content (AvgIpc) is 3.07. The molecule has 0 aliphatic rings. The highest BCUT2D eigenvalue weighted by atomic mass is 16.5. The van der Waals surface area contributed by atoms with Crippen LogP contribution < -0.4 is 10.1 Å². The minimum Gasteiger partial charge on any atom is -0.488 e. The van der Waals surface area contributed by atoms with Crippen LogP contribution in [-0.2, 0) is 19.1 Å². The minimum absolute atomic E-state index is 0.0368. The van der Waals surface area contributed by atoms with Crippen molar-refractivity contribution in [1.29, 1.82) is 0 Å². The molecular formula is C41H73N2O6+. The largest absolute Gasteiger partial charge is 0.488 e. The van der Waals surface area contributed by atoms with Crippen molar-refractivity contribution in [2.75, 3.05) is 47.5 Å². The van der Waals surface area contributed by atoms with Gasteiger partial charge >= 0.3 is 11.9 Å². The van der Waals surface area contributed by atoms with Gasteiger partial charge in [0.05, 0.1) is 34.4 Å². The molecule has 0 saturated carbocycles. The van der Waals surface area contributed by atoms with Crippen LogP contribution in [0.15, 0.2) is 24.3 Å². The number of hydrogen-bond donors (Lipinski definition) is 1. The van der Waals surface area contributed by atoms with Crippen LogP contribution in [0.25, 0.3) is 0 Å². The smallest absolute Gasteiger partial charge is 0.328 e. The molecule has 1 amide bonds. The van der Waals surface area contributed by atoms with Crippen LogP contribution in [0, 0.1) is 0 Å². The molecule has 0 aromatic heterocycles. The van der Waals surface area contributed by atoms with Gasteiger partial charge in [0.1, 0.15) is 24.9 Å². The Morgan fingerprint density at radius 1 is 0.612 bits per heavy atom. The molecule has 0 aliphatic carbocycles. The first-order valence-corrected chi connectivity index (χ1v) is 19.8. The molecule has 1 atom stereocenters. The molecule has 0 saturated heterocycles. The first-order chi connectivity index (χ1) is 23.7. The highest BCUT2D eigenvalue weighted by Crippen LogP contribution is 2.15. The number of hydrogen-bond acceptors (Lipinski definition) is 6. The monoisotopic (exact) mass is 690 g/mol. The van der Waals surface area contributed by atoms with E-state index in [0.29, 0.717) is 31.1 Å². The molecule has 1 unspecified atom stereocenters. The van der Waals surface area contributed by atoms with E-state index >= 15 is 0 Å². The average molecular weight is 690 g/mol. The number of unbranched alkanes of at least 4 members (excludes halogenated alkanes) is 18. The molecule has 0 heterocycles. The quantitative estimate of drug-likeness (QED) is 0.0460. The molecule has 0 spiro atoms. The standard InChI is InChI=1S/C41H72N2O6/c1-6-8-10-12-14-16-18-20-22-24-33-48-39(44)31-30-38(41(46)49-34-25-23-21-19-17-15-13-11-9-7-2)42-40(45)36-26-28-37(29-27-36)47-35-32-43(3,4)5/h26-29,38H,6-25,30-35H2,1-5H3/p+1. The lowest BCUT2D eigenvalue weighted by atomic mass is 10.1. The van der Waals surface area contributed by atoms with E-state index in [4.69, 9.17) is 14.2 Å². The Balaban J connectivity index is 2.50. The summed E-state index contributed by atoms with van der Waals surface area (Å²) in [4.78, 5) is 38.7. The van der Waals surface area contributed by atoms with Gasteiger partial charge in [-0.05, 0) is 43.5 Å². The van der Waals surface area contributed by atoms with Crippen molar-refractivity contribution < 1.29 is 33.1 Å². The maximum Gasteiger partial charge on any atom is 0.328 e. The lowest BCUT2D eigenvalue weighted by Crippen LogP contribution is -2.42. The summed E-state index contributed by atoms with van der Waals surface area (Å²) in [6.45, 7) is 6.60. The first kappa shape index (κ1) is 44.4. The molecule has 8 heteroatoms. The van der Waals surface area contributed by atoms with E-state index < -0.39 is 17.9 Å². The van der Waals surface area contributed by atoms with Crippen LogP contribution in [0.2, 0.25) is 0 Å². The molecule has 0 aliphatic heterocycles. The van der Waals surface area contributed by atoms with Gasteiger partial charge in [0.2, 0.25) is 0 Å². The van der Waals surface area contributed by atoms with E-state index in [-0.39, 0.29) is 18.8 Å². The molecule has 0 radical (unpaired) electrons. The molecule has 1 aromatic carbocycles. The molecule has 1 aromatic rings. The number of nitrogens with one attached hydrogen (secondary N) is 1. The zero-order valence-corrected chi connectivity index (χ0v) is 32.2. The van der Waals surface area contributed by atoms with E-state index in [2.05, 4.69) is 40.3 Å². The second-order valence-corrected chi connectivity index (χ2v) is 14.7. The number of esters is 2. The summed E-state index contributed by atoms with van der Waals surface area (Å²) in [5, 5.41) is 2.81. The van der Waals surface area contributed by atoms with Gasteiger partial charge in [0.15, 0.2) is 0 Å². The van der Waals surface area contributed by atoms with Gasteiger partial charge in [0, 0.05) is 12.0 Å². The van der Waals surface area contributed by atoms with Crippen molar-refractivity contribution in [3.05, 3.63) is 29.8 Å².